The Morgan fingerprint density at radius 2 is 2.22 bits per heavy atom. The summed E-state index contributed by atoms with van der Waals surface area (Å²) in [7, 11) is 0. The average Bonchev–Trinajstić information content (AvgIpc) is 2.79. The van der Waals surface area contributed by atoms with Crippen LogP contribution in [0.1, 0.15) is 22.1 Å². The first-order valence-electron chi connectivity index (χ1n) is 5.14. The maximum absolute atomic E-state index is 10.3. The third-order valence-corrected chi connectivity index (χ3v) is 4.57. The number of nitrogen functional groups attached to an aromatic ring is 1. The molecule has 0 aliphatic rings. The Morgan fingerprint density at radius 3 is 2.83 bits per heavy atom. The van der Waals surface area contributed by atoms with Crippen molar-refractivity contribution in [2.45, 2.75) is 10.4 Å². The summed E-state index contributed by atoms with van der Waals surface area (Å²) >= 11 is 2.83. The van der Waals surface area contributed by atoms with E-state index in [0.29, 0.717) is 21.8 Å². The van der Waals surface area contributed by atoms with Crippen LogP contribution in [0.3, 0.4) is 0 Å². The van der Waals surface area contributed by atoms with E-state index in [0.717, 1.165) is 4.34 Å². The van der Waals surface area contributed by atoms with E-state index in [4.69, 9.17) is 11.0 Å². The lowest BCUT2D eigenvalue weighted by molar-refractivity contribution is 0.224. The van der Waals surface area contributed by atoms with Crippen molar-refractivity contribution in [1.29, 1.82) is 5.26 Å². The van der Waals surface area contributed by atoms with Gasteiger partial charge in [-0.05, 0) is 12.3 Å². The van der Waals surface area contributed by atoms with Crippen molar-refractivity contribution in [3.8, 4) is 6.07 Å². The molecule has 1 aromatic heterocycles. The van der Waals surface area contributed by atoms with Gasteiger partial charge in [-0.3, -0.25) is 0 Å². The summed E-state index contributed by atoms with van der Waals surface area (Å²) in [6, 6.07) is 9.01. The summed E-state index contributed by atoms with van der Waals surface area (Å²) in [5, 5.41) is 19.3. The van der Waals surface area contributed by atoms with Crippen LogP contribution in [0.5, 0.6) is 0 Å². The highest BCUT2D eigenvalue weighted by Gasteiger charge is 2.20. The van der Waals surface area contributed by atoms with Crippen LogP contribution in [-0.4, -0.2) is 16.3 Å². The second-order valence-electron chi connectivity index (χ2n) is 3.53. The van der Waals surface area contributed by atoms with Crippen LogP contribution in [-0.2, 0) is 0 Å². The molecular formula is C12H11N3OS2. The van der Waals surface area contributed by atoms with Crippen LogP contribution < -0.4 is 5.73 Å². The third-order valence-electron chi connectivity index (χ3n) is 2.46. The second-order valence-corrected chi connectivity index (χ2v) is 5.62. The van der Waals surface area contributed by atoms with Crippen LogP contribution in [0.4, 0.5) is 5.82 Å². The first-order valence-corrected chi connectivity index (χ1v) is 7.18. The maximum atomic E-state index is 10.3. The minimum absolute atomic E-state index is 0.324. The number of anilines is 1. The lowest BCUT2D eigenvalue weighted by atomic mass is 10.0. The van der Waals surface area contributed by atoms with E-state index in [1.807, 2.05) is 6.26 Å². The van der Waals surface area contributed by atoms with Gasteiger partial charge in [-0.1, -0.05) is 30.0 Å². The molecule has 0 saturated carbocycles. The van der Waals surface area contributed by atoms with Gasteiger partial charge in [0.1, 0.15) is 11.9 Å². The van der Waals surface area contributed by atoms with Crippen molar-refractivity contribution >= 4 is 28.9 Å². The molecular weight excluding hydrogens is 266 g/mol. The fraction of sp³-hybridized carbons (Fsp3) is 0.167. The van der Waals surface area contributed by atoms with Crippen LogP contribution >= 0.6 is 23.1 Å². The SMILES string of the molecule is CSc1nc(N)c(C(O)c2ccccc2C#N)s1. The number of thioether (sulfide) groups is 1. The van der Waals surface area contributed by atoms with E-state index in [2.05, 4.69) is 11.1 Å². The summed E-state index contributed by atoms with van der Waals surface area (Å²) in [5.74, 6) is 0.324. The first-order chi connectivity index (χ1) is 8.67. The minimum Gasteiger partial charge on any atom is -0.383 e. The Kier molecular flexibility index (Phi) is 3.87. The summed E-state index contributed by atoms with van der Waals surface area (Å²) < 4.78 is 0.802. The number of hydrogen-bond donors (Lipinski definition) is 2. The van der Waals surface area contributed by atoms with Gasteiger partial charge in [-0.25, -0.2) is 4.98 Å². The first kappa shape index (κ1) is 12.9. The van der Waals surface area contributed by atoms with Gasteiger partial charge in [0.2, 0.25) is 0 Å². The third kappa shape index (κ3) is 2.34. The summed E-state index contributed by atoms with van der Waals surface area (Å²) in [4.78, 5) is 4.73. The van der Waals surface area contributed by atoms with Gasteiger partial charge in [0.25, 0.3) is 0 Å². The average molecular weight is 277 g/mol. The molecule has 2 aromatic rings. The highest BCUT2D eigenvalue weighted by molar-refractivity contribution is 8.00. The van der Waals surface area contributed by atoms with E-state index in [1.165, 1.54) is 23.1 Å². The number of nitriles is 1. The van der Waals surface area contributed by atoms with Gasteiger partial charge in [0.15, 0.2) is 4.34 Å². The number of nitrogens with zero attached hydrogens (tertiary/aromatic N) is 2. The van der Waals surface area contributed by atoms with Gasteiger partial charge in [-0.15, -0.1) is 11.3 Å². The molecule has 18 heavy (non-hydrogen) atoms. The molecule has 1 unspecified atom stereocenters. The molecule has 2 rings (SSSR count). The number of benzene rings is 1. The van der Waals surface area contributed by atoms with Crippen LogP contribution in [0.25, 0.3) is 0 Å². The number of thiazole rings is 1. The summed E-state index contributed by atoms with van der Waals surface area (Å²) in [5.41, 5.74) is 6.80. The van der Waals surface area contributed by atoms with E-state index in [9.17, 15) is 5.11 Å². The van der Waals surface area contributed by atoms with Crippen molar-refractivity contribution in [3.05, 3.63) is 40.3 Å². The van der Waals surface area contributed by atoms with Crippen LogP contribution in [0.15, 0.2) is 28.6 Å². The molecule has 4 nitrogen and oxygen atoms in total. The van der Waals surface area contributed by atoms with Crippen molar-refractivity contribution in [1.82, 2.24) is 4.98 Å². The van der Waals surface area contributed by atoms with E-state index in [1.54, 1.807) is 24.3 Å². The molecule has 92 valence electrons. The van der Waals surface area contributed by atoms with E-state index in [-0.39, 0.29) is 0 Å². The van der Waals surface area contributed by atoms with Crippen molar-refractivity contribution in [3.63, 3.8) is 0 Å². The molecule has 0 fully saturated rings. The minimum atomic E-state index is -0.903. The maximum Gasteiger partial charge on any atom is 0.152 e. The zero-order valence-corrected chi connectivity index (χ0v) is 11.3. The van der Waals surface area contributed by atoms with Gasteiger partial charge in [-0.2, -0.15) is 5.26 Å². The van der Waals surface area contributed by atoms with Crippen molar-refractivity contribution < 1.29 is 5.11 Å². The molecule has 3 N–H and O–H groups in total. The fourth-order valence-electron chi connectivity index (χ4n) is 1.58. The highest BCUT2D eigenvalue weighted by atomic mass is 32.2. The molecule has 1 heterocycles. The Balaban J connectivity index is 2.44. The number of aliphatic hydroxyl groups excluding tert-OH is 1. The van der Waals surface area contributed by atoms with Crippen molar-refractivity contribution in [2.75, 3.05) is 12.0 Å². The highest BCUT2D eigenvalue weighted by Crippen LogP contribution is 2.36. The lowest BCUT2D eigenvalue weighted by Gasteiger charge is -2.10. The largest absolute Gasteiger partial charge is 0.383 e. The zero-order valence-electron chi connectivity index (χ0n) is 9.62. The molecule has 0 bridgehead atoms. The molecule has 1 atom stereocenters. The Hall–Kier alpha value is -1.55. The molecule has 0 radical (unpaired) electrons. The number of rotatable bonds is 3. The standard InChI is InChI=1S/C12H11N3OS2/c1-17-12-15-11(14)10(18-12)9(16)8-5-3-2-4-7(8)6-13/h2-5,9,16H,14H2,1H3. The van der Waals surface area contributed by atoms with Crippen LogP contribution in [0.2, 0.25) is 0 Å². The molecule has 1 aromatic carbocycles. The number of aliphatic hydroxyl groups is 1. The Bertz CT molecular complexity index is 604. The Labute approximate surface area is 113 Å². The molecule has 0 aliphatic heterocycles. The Morgan fingerprint density at radius 1 is 1.50 bits per heavy atom. The van der Waals surface area contributed by atoms with E-state index >= 15 is 0 Å². The number of nitrogens with two attached hydrogens (primary N) is 1. The molecule has 0 amide bonds. The normalized spacial score (nSPS) is 12.1. The fourth-order valence-corrected chi connectivity index (χ4v) is 3.10. The predicted octanol–water partition coefficient (Wildman–Crippen LogP) is 2.40. The topological polar surface area (TPSA) is 82.9 Å². The summed E-state index contributed by atoms with van der Waals surface area (Å²) in [6.07, 6.45) is 0.997. The number of aromatic nitrogens is 1. The summed E-state index contributed by atoms with van der Waals surface area (Å²) in [6.45, 7) is 0. The van der Waals surface area contributed by atoms with E-state index < -0.39 is 6.10 Å². The molecule has 0 aliphatic carbocycles. The second kappa shape index (κ2) is 5.40. The molecule has 0 spiro atoms. The predicted molar refractivity (Wildman–Crippen MR) is 73.5 cm³/mol. The van der Waals surface area contributed by atoms with Crippen molar-refractivity contribution in [2.24, 2.45) is 0 Å². The van der Waals surface area contributed by atoms with Gasteiger partial charge < -0.3 is 10.8 Å². The van der Waals surface area contributed by atoms with Crippen LogP contribution in [0, 0.1) is 11.3 Å². The smallest absolute Gasteiger partial charge is 0.152 e. The lowest BCUT2D eigenvalue weighted by Crippen LogP contribution is -2.03. The zero-order chi connectivity index (χ0) is 13.1. The quantitative estimate of drug-likeness (QED) is 0.842. The van der Waals surface area contributed by atoms with Gasteiger partial charge in [0, 0.05) is 5.56 Å². The van der Waals surface area contributed by atoms with Gasteiger partial charge in [0.05, 0.1) is 16.5 Å². The molecule has 6 heteroatoms. The molecule has 0 saturated heterocycles. The number of hydrogen-bond acceptors (Lipinski definition) is 6. The van der Waals surface area contributed by atoms with Gasteiger partial charge >= 0.3 is 0 Å². The monoisotopic (exact) mass is 277 g/mol.